The minimum atomic E-state index is -0.0343. The zero-order valence-electron chi connectivity index (χ0n) is 9.52. The van der Waals surface area contributed by atoms with Crippen LogP contribution >= 0.6 is 12.4 Å². The van der Waals surface area contributed by atoms with Gasteiger partial charge in [0.2, 0.25) is 0 Å². The van der Waals surface area contributed by atoms with E-state index in [0.717, 1.165) is 13.2 Å². The van der Waals surface area contributed by atoms with Gasteiger partial charge in [-0.3, -0.25) is 4.79 Å². The van der Waals surface area contributed by atoms with Crippen LogP contribution in [-0.2, 0) is 4.74 Å². The quantitative estimate of drug-likeness (QED) is 0.842. The average molecular weight is 257 g/mol. The third-order valence-electron chi connectivity index (χ3n) is 2.54. The van der Waals surface area contributed by atoms with Crippen LogP contribution in [0.25, 0.3) is 0 Å². The standard InChI is InChI=1S/C12H16N2O2.ClH/c15-12(10-4-2-1-3-5-10)14-8-11-9-16-7-6-13-11;/h1-5,11,13H,6-9H2,(H,14,15);1H. The summed E-state index contributed by atoms with van der Waals surface area (Å²) in [7, 11) is 0. The molecule has 2 N–H and O–H groups in total. The van der Waals surface area contributed by atoms with Crippen molar-refractivity contribution in [1.82, 2.24) is 10.6 Å². The van der Waals surface area contributed by atoms with E-state index in [2.05, 4.69) is 10.6 Å². The van der Waals surface area contributed by atoms with E-state index in [1.165, 1.54) is 0 Å². The lowest BCUT2D eigenvalue weighted by Crippen LogP contribution is -2.48. The van der Waals surface area contributed by atoms with Crippen molar-refractivity contribution in [2.75, 3.05) is 26.3 Å². The molecule has 2 rings (SSSR count). The van der Waals surface area contributed by atoms with Gasteiger partial charge in [0.25, 0.3) is 5.91 Å². The maximum Gasteiger partial charge on any atom is 0.251 e. The molecule has 1 aliphatic heterocycles. The Balaban J connectivity index is 0.00000144. The van der Waals surface area contributed by atoms with Gasteiger partial charge in [0.1, 0.15) is 0 Å². The highest BCUT2D eigenvalue weighted by Gasteiger charge is 2.14. The van der Waals surface area contributed by atoms with Gasteiger partial charge in [-0.1, -0.05) is 18.2 Å². The topological polar surface area (TPSA) is 50.4 Å². The van der Waals surface area contributed by atoms with Crippen molar-refractivity contribution in [3.05, 3.63) is 35.9 Å². The maximum atomic E-state index is 11.7. The number of carbonyl (C=O) groups is 1. The second-order valence-corrected chi connectivity index (χ2v) is 3.80. The molecule has 0 spiro atoms. The van der Waals surface area contributed by atoms with Gasteiger partial charge in [0, 0.05) is 24.7 Å². The minimum absolute atomic E-state index is 0. The Hall–Kier alpha value is -1.10. The minimum Gasteiger partial charge on any atom is -0.378 e. The summed E-state index contributed by atoms with van der Waals surface area (Å²) in [6, 6.07) is 9.45. The van der Waals surface area contributed by atoms with Crippen LogP contribution in [0, 0.1) is 0 Å². The largest absolute Gasteiger partial charge is 0.378 e. The fourth-order valence-electron chi connectivity index (χ4n) is 1.66. The molecule has 1 unspecified atom stereocenters. The van der Waals surface area contributed by atoms with Crippen LogP contribution in [-0.4, -0.2) is 38.3 Å². The first kappa shape index (κ1) is 14.0. The van der Waals surface area contributed by atoms with E-state index in [9.17, 15) is 4.79 Å². The van der Waals surface area contributed by atoms with Gasteiger partial charge >= 0.3 is 0 Å². The Kier molecular flexibility index (Phi) is 5.97. The number of ether oxygens (including phenoxy) is 1. The number of morpholine rings is 1. The van der Waals surface area contributed by atoms with Crippen molar-refractivity contribution in [3.63, 3.8) is 0 Å². The Morgan fingerprint density at radius 1 is 1.41 bits per heavy atom. The van der Waals surface area contributed by atoms with Crippen molar-refractivity contribution >= 4 is 18.3 Å². The Bertz CT molecular complexity index is 340. The van der Waals surface area contributed by atoms with E-state index >= 15 is 0 Å². The molecule has 4 nitrogen and oxygen atoms in total. The summed E-state index contributed by atoms with van der Waals surface area (Å²) >= 11 is 0. The monoisotopic (exact) mass is 256 g/mol. The first-order chi connectivity index (χ1) is 7.86. The van der Waals surface area contributed by atoms with E-state index in [1.807, 2.05) is 18.2 Å². The highest BCUT2D eigenvalue weighted by atomic mass is 35.5. The molecule has 17 heavy (non-hydrogen) atoms. The van der Waals surface area contributed by atoms with E-state index in [4.69, 9.17) is 4.74 Å². The predicted molar refractivity (Wildman–Crippen MR) is 68.6 cm³/mol. The molecule has 0 bridgehead atoms. The molecule has 0 aliphatic carbocycles. The zero-order chi connectivity index (χ0) is 11.2. The van der Waals surface area contributed by atoms with Crippen molar-refractivity contribution in [2.45, 2.75) is 6.04 Å². The molecule has 1 aromatic carbocycles. The fourth-order valence-corrected chi connectivity index (χ4v) is 1.66. The number of amides is 1. The van der Waals surface area contributed by atoms with Crippen LogP contribution in [0.3, 0.4) is 0 Å². The first-order valence-corrected chi connectivity index (χ1v) is 5.50. The van der Waals surface area contributed by atoms with Crippen LogP contribution in [0.5, 0.6) is 0 Å². The van der Waals surface area contributed by atoms with Gasteiger partial charge in [0.05, 0.1) is 13.2 Å². The molecule has 1 amide bonds. The number of benzene rings is 1. The molecule has 1 atom stereocenters. The van der Waals surface area contributed by atoms with Gasteiger partial charge in [-0.25, -0.2) is 0 Å². The number of hydrogen-bond donors (Lipinski definition) is 2. The molecular weight excluding hydrogens is 240 g/mol. The van der Waals surface area contributed by atoms with Gasteiger partial charge in [-0.15, -0.1) is 12.4 Å². The predicted octanol–water partition coefficient (Wildman–Crippen LogP) is 0.827. The van der Waals surface area contributed by atoms with Crippen molar-refractivity contribution in [2.24, 2.45) is 0 Å². The molecule has 0 aromatic heterocycles. The summed E-state index contributed by atoms with van der Waals surface area (Å²) in [5.74, 6) is -0.0343. The van der Waals surface area contributed by atoms with Gasteiger partial charge in [-0.2, -0.15) is 0 Å². The summed E-state index contributed by atoms with van der Waals surface area (Å²) < 4.78 is 5.31. The summed E-state index contributed by atoms with van der Waals surface area (Å²) in [6.45, 7) is 2.87. The molecule has 1 aromatic rings. The first-order valence-electron chi connectivity index (χ1n) is 5.50. The summed E-state index contributed by atoms with van der Waals surface area (Å²) in [5, 5.41) is 6.17. The second kappa shape index (κ2) is 7.27. The summed E-state index contributed by atoms with van der Waals surface area (Å²) in [5.41, 5.74) is 0.694. The molecule has 0 radical (unpaired) electrons. The highest BCUT2D eigenvalue weighted by molar-refractivity contribution is 5.94. The lowest BCUT2D eigenvalue weighted by Gasteiger charge is -2.23. The molecule has 1 heterocycles. The SMILES string of the molecule is Cl.O=C(NCC1COCCN1)c1ccccc1. The van der Waals surface area contributed by atoms with E-state index in [-0.39, 0.29) is 24.4 Å². The molecule has 0 saturated carbocycles. The molecular formula is C12H17ClN2O2. The van der Waals surface area contributed by atoms with Crippen LogP contribution in [0.4, 0.5) is 0 Å². The van der Waals surface area contributed by atoms with Gasteiger partial charge in [0.15, 0.2) is 0 Å². The summed E-state index contributed by atoms with van der Waals surface area (Å²) in [6.07, 6.45) is 0. The Morgan fingerprint density at radius 3 is 2.82 bits per heavy atom. The number of rotatable bonds is 3. The lowest BCUT2D eigenvalue weighted by molar-refractivity contribution is 0.0734. The number of hydrogen-bond acceptors (Lipinski definition) is 3. The third kappa shape index (κ3) is 4.34. The molecule has 5 heteroatoms. The Labute approximate surface area is 107 Å². The normalized spacial score (nSPS) is 19.2. The molecule has 94 valence electrons. The number of nitrogens with one attached hydrogen (secondary N) is 2. The molecule has 1 saturated heterocycles. The molecule has 1 fully saturated rings. The number of halogens is 1. The highest BCUT2D eigenvalue weighted by Crippen LogP contribution is 1.98. The zero-order valence-corrected chi connectivity index (χ0v) is 10.3. The third-order valence-corrected chi connectivity index (χ3v) is 2.54. The smallest absolute Gasteiger partial charge is 0.251 e. The molecule has 1 aliphatic rings. The van der Waals surface area contributed by atoms with Gasteiger partial charge in [-0.05, 0) is 12.1 Å². The van der Waals surface area contributed by atoms with E-state index < -0.39 is 0 Å². The maximum absolute atomic E-state index is 11.7. The van der Waals surface area contributed by atoms with E-state index in [1.54, 1.807) is 12.1 Å². The van der Waals surface area contributed by atoms with E-state index in [0.29, 0.717) is 18.7 Å². The van der Waals surface area contributed by atoms with Crippen molar-refractivity contribution in [1.29, 1.82) is 0 Å². The van der Waals surface area contributed by atoms with Crippen molar-refractivity contribution < 1.29 is 9.53 Å². The lowest BCUT2D eigenvalue weighted by atomic mass is 10.2. The second-order valence-electron chi connectivity index (χ2n) is 3.80. The summed E-state index contributed by atoms with van der Waals surface area (Å²) in [4.78, 5) is 11.7. The number of carbonyl (C=O) groups excluding carboxylic acids is 1. The van der Waals surface area contributed by atoms with Crippen LogP contribution < -0.4 is 10.6 Å². The van der Waals surface area contributed by atoms with Crippen LogP contribution in [0.2, 0.25) is 0 Å². The van der Waals surface area contributed by atoms with Crippen LogP contribution in [0.15, 0.2) is 30.3 Å². The van der Waals surface area contributed by atoms with Crippen LogP contribution in [0.1, 0.15) is 10.4 Å². The van der Waals surface area contributed by atoms with Gasteiger partial charge < -0.3 is 15.4 Å². The van der Waals surface area contributed by atoms with Crippen molar-refractivity contribution in [3.8, 4) is 0 Å². The average Bonchev–Trinajstić information content (AvgIpc) is 2.38. The Morgan fingerprint density at radius 2 is 2.18 bits per heavy atom. The fraction of sp³-hybridized carbons (Fsp3) is 0.417.